The first-order chi connectivity index (χ1) is 9.68. The average molecular weight is 315 g/mol. The van der Waals surface area contributed by atoms with Crippen molar-refractivity contribution >= 4 is 18.3 Å². The number of piperidine rings is 1. The van der Waals surface area contributed by atoms with E-state index in [4.69, 9.17) is 5.73 Å². The van der Waals surface area contributed by atoms with Crippen molar-refractivity contribution in [1.29, 1.82) is 0 Å². The fourth-order valence-corrected chi connectivity index (χ4v) is 4.57. The third-order valence-corrected chi connectivity index (χ3v) is 5.85. The summed E-state index contributed by atoms with van der Waals surface area (Å²) in [5.74, 6) is 2.33. The maximum Gasteiger partial charge on any atom is 0.226 e. The number of halogens is 1. The standard InChI is InChI=1S/C17H30N2O.ClH/c1-12(18)16-9-5-6-10-19(16)17(20)15-11-14(15)13-7-3-2-4-8-13;/h12-16H,2-11,18H2,1H3;1H. The van der Waals surface area contributed by atoms with Crippen LogP contribution in [-0.2, 0) is 4.79 Å². The van der Waals surface area contributed by atoms with Crippen LogP contribution in [0.4, 0.5) is 0 Å². The maximum absolute atomic E-state index is 12.8. The van der Waals surface area contributed by atoms with Gasteiger partial charge in [0.25, 0.3) is 0 Å². The van der Waals surface area contributed by atoms with Gasteiger partial charge in [0.05, 0.1) is 0 Å². The molecule has 0 spiro atoms. The van der Waals surface area contributed by atoms with E-state index < -0.39 is 0 Å². The largest absolute Gasteiger partial charge is 0.338 e. The van der Waals surface area contributed by atoms with Crippen LogP contribution < -0.4 is 5.73 Å². The Morgan fingerprint density at radius 3 is 2.43 bits per heavy atom. The molecule has 4 atom stereocenters. The first-order valence-corrected chi connectivity index (χ1v) is 8.74. The summed E-state index contributed by atoms with van der Waals surface area (Å²) in [6, 6.07) is 0.412. The zero-order valence-electron chi connectivity index (χ0n) is 13.3. The molecule has 3 fully saturated rings. The van der Waals surface area contributed by atoms with Crippen molar-refractivity contribution in [2.24, 2.45) is 23.5 Å². The smallest absolute Gasteiger partial charge is 0.226 e. The van der Waals surface area contributed by atoms with E-state index >= 15 is 0 Å². The molecule has 3 rings (SSSR count). The molecule has 0 aromatic carbocycles. The van der Waals surface area contributed by atoms with Gasteiger partial charge in [0.2, 0.25) is 5.91 Å². The highest BCUT2D eigenvalue weighted by Crippen LogP contribution is 2.50. The first-order valence-electron chi connectivity index (χ1n) is 8.74. The molecular weight excluding hydrogens is 284 g/mol. The molecule has 1 amide bonds. The number of amides is 1. The second-order valence-electron chi connectivity index (χ2n) is 7.36. The van der Waals surface area contributed by atoms with E-state index in [9.17, 15) is 4.79 Å². The Morgan fingerprint density at radius 1 is 1.10 bits per heavy atom. The van der Waals surface area contributed by atoms with Gasteiger partial charge in [-0.2, -0.15) is 0 Å². The summed E-state index contributed by atoms with van der Waals surface area (Å²) in [5.41, 5.74) is 6.10. The maximum atomic E-state index is 12.8. The summed E-state index contributed by atoms with van der Waals surface area (Å²) in [5, 5.41) is 0. The molecule has 21 heavy (non-hydrogen) atoms. The van der Waals surface area contributed by atoms with Crippen LogP contribution >= 0.6 is 12.4 Å². The van der Waals surface area contributed by atoms with Gasteiger partial charge in [0.15, 0.2) is 0 Å². The Kier molecular flexibility index (Phi) is 5.96. The second kappa shape index (κ2) is 7.32. The molecule has 122 valence electrons. The SMILES string of the molecule is CC(N)C1CCCCN1C(=O)C1CC1C1CCCCC1.Cl. The van der Waals surface area contributed by atoms with Crippen molar-refractivity contribution in [3.8, 4) is 0 Å². The summed E-state index contributed by atoms with van der Waals surface area (Å²) in [6.07, 6.45) is 11.6. The van der Waals surface area contributed by atoms with Gasteiger partial charge in [-0.05, 0) is 44.4 Å². The van der Waals surface area contributed by atoms with Gasteiger partial charge in [0, 0.05) is 24.5 Å². The number of carbonyl (C=O) groups excluding carboxylic acids is 1. The molecule has 0 aromatic heterocycles. The van der Waals surface area contributed by atoms with Crippen LogP contribution in [-0.4, -0.2) is 29.4 Å². The van der Waals surface area contributed by atoms with Gasteiger partial charge in [-0.25, -0.2) is 0 Å². The van der Waals surface area contributed by atoms with E-state index in [0.717, 1.165) is 31.7 Å². The van der Waals surface area contributed by atoms with Gasteiger partial charge in [-0.3, -0.25) is 4.79 Å². The van der Waals surface area contributed by atoms with Crippen molar-refractivity contribution in [2.75, 3.05) is 6.54 Å². The number of carbonyl (C=O) groups is 1. The highest BCUT2D eigenvalue weighted by Gasteiger charge is 2.49. The molecule has 1 heterocycles. The molecule has 1 saturated heterocycles. The lowest BCUT2D eigenvalue weighted by molar-refractivity contribution is -0.137. The number of likely N-dealkylation sites (tertiary alicyclic amines) is 1. The molecule has 2 N–H and O–H groups in total. The normalized spacial score (nSPS) is 35.0. The Labute approximate surface area is 135 Å². The fourth-order valence-electron chi connectivity index (χ4n) is 4.57. The van der Waals surface area contributed by atoms with Crippen LogP contribution in [0.2, 0.25) is 0 Å². The molecule has 3 nitrogen and oxygen atoms in total. The molecule has 2 aliphatic carbocycles. The monoisotopic (exact) mass is 314 g/mol. The van der Waals surface area contributed by atoms with Crippen LogP contribution in [0.3, 0.4) is 0 Å². The summed E-state index contributed by atoms with van der Waals surface area (Å²) in [7, 11) is 0. The lowest BCUT2D eigenvalue weighted by Gasteiger charge is -2.38. The predicted octanol–water partition coefficient (Wildman–Crippen LogP) is 3.35. The molecule has 4 heteroatoms. The van der Waals surface area contributed by atoms with E-state index in [1.54, 1.807) is 0 Å². The minimum atomic E-state index is 0. The van der Waals surface area contributed by atoms with Crippen LogP contribution in [0.25, 0.3) is 0 Å². The van der Waals surface area contributed by atoms with Gasteiger partial charge < -0.3 is 10.6 Å². The van der Waals surface area contributed by atoms with Crippen molar-refractivity contribution in [3.05, 3.63) is 0 Å². The second-order valence-corrected chi connectivity index (χ2v) is 7.36. The van der Waals surface area contributed by atoms with E-state index in [0.29, 0.717) is 23.8 Å². The molecule has 0 radical (unpaired) electrons. The van der Waals surface area contributed by atoms with E-state index in [-0.39, 0.29) is 18.4 Å². The number of nitrogens with zero attached hydrogens (tertiary/aromatic N) is 1. The number of rotatable bonds is 3. The average Bonchev–Trinajstić information content (AvgIpc) is 3.28. The minimum absolute atomic E-state index is 0. The van der Waals surface area contributed by atoms with E-state index in [2.05, 4.69) is 11.8 Å². The Hall–Kier alpha value is -0.280. The third-order valence-electron chi connectivity index (χ3n) is 5.85. The lowest BCUT2D eigenvalue weighted by Crippen LogP contribution is -2.52. The molecule has 0 aromatic rings. The highest BCUT2D eigenvalue weighted by molar-refractivity contribution is 5.85. The van der Waals surface area contributed by atoms with E-state index in [1.165, 1.54) is 38.5 Å². The summed E-state index contributed by atoms with van der Waals surface area (Å²) in [4.78, 5) is 14.9. The number of hydrogen-bond acceptors (Lipinski definition) is 2. The molecule has 2 saturated carbocycles. The van der Waals surface area contributed by atoms with Gasteiger partial charge in [-0.15, -0.1) is 12.4 Å². The topological polar surface area (TPSA) is 46.3 Å². The third kappa shape index (κ3) is 3.73. The summed E-state index contributed by atoms with van der Waals surface area (Å²) < 4.78 is 0. The number of hydrogen-bond donors (Lipinski definition) is 1. The quantitative estimate of drug-likeness (QED) is 0.868. The molecular formula is C17H31ClN2O. The van der Waals surface area contributed by atoms with Crippen LogP contribution in [0, 0.1) is 17.8 Å². The molecule has 3 aliphatic rings. The molecule has 1 aliphatic heterocycles. The van der Waals surface area contributed by atoms with Crippen LogP contribution in [0.5, 0.6) is 0 Å². The first kappa shape index (κ1) is 17.1. The van der Waals surface area contributed by atoms with Crippen molar-refractivity contribution < 1.29 is 4.79 Å². The highest BCUT2D eigenvalue weighted by atomic mass is 35.5. The summed E-state index contributed by atoms with van der Waals surface area (Å²) >= 11 is 0. The lowest BCUT2D eigenvalue weighted by atomic mass is 9.85. The van der Waals surface area contributed by atoms with Crippen LogP contribution in [0.15, 0.2) is 0 Å². The Morgan fingerprint density at radius 2 is 1.76 bits per heavy atom. The summed E-state index contributed by atoms with van der Waals surface area (Å²) in [6.45, 7) is 3.00. The van der Waals surface area contributed by atoms with Crippen LogP contribution in [0.1, 0.15) is 64.7 Å². The predicted molar refractivity (Wildman–Crippen MR) is 88.4 cm³/mol. The van der Waals surface area contributed by atoms with Gasteiger partial charge in [0.1, 0.15) is 0 Å². The zero-order chi connectivity index (χ0) is 14.1. The Bertz CT molecular complexity index is 355. The van der Waals surface area contributed by atoms with Crippen molar-refractivity contribution in [2.45, 2.75) is 76.8 Å². The van der Waals surface area contributed by atoms with Gasteiger partial charge >= 0.3 is 0 Å². The van der Waals surface area contributed by atoms with E-state index in [1.807, 2.05) is 0 Å². The number of nitrogens with two attached hydrogens (primary N) is 1. The Balaban J connectivity index is 0.00000161. The van der Waals surface area contributed by atoms with Crippen molar-refractivity contribution in [1.82, 2.24) is 4.90 Å². The zero-order valence-corrected chi connectivity index (χ0v) is 14.1. The fraction of sp³-hybridized carbons (Fsp3) is 0.941. The molecule has 4 unspecified atom stereocenters. The molecule has 0 bridgehead atoms. The van der Waals surface area contributed by atoms with Crippen molar-refractivity contribution in [3.63, 3.8) is 0 Å². The minimum Gasteiger partial charge on any atom is -0.338 e. The van der Waals surface area contributed by atoms with Gasteiger partial charge in [-0.1, -0.05) is 32.1 Å².